The second kappa shape index (κ2) is 7.69. The first-order valence-electron chi connectivity index (χ1n) is 7.27. The minimum Gasteiger partial charge on any atom is -0.468 e. The summed E-state index contributed by atoms with van der Waals surface area (Å²) in [4.78, 5) is 14.2. The van der Waals surface area contributed by atoms with Crippen molar-refractivity contribution in [3.8, 4) is 11.9 Å². The summed E-state index contributed by atoms with van der Waals surface area (Å²) in [6.07, 6.45) is -3.17. The van der Waals surface area contributed by atoms with E-state index in [4.69, 9.17) is 5.26 Å². The fraction of sp³-hybridized carbons (Fsp3) is 0.250. The number of benzene rings is 1. The van der Waals surface area contributed by atoms with E-state index < -0.39 is 17.7 Å². The Hall–Kier alpha value is -3.35. The zero-order chi connectivity index (χ0) is 19.3. The lowest BCUT2D eigenvalue weighted by atomic mass is 10.1. The van der Waals surface area contributed by atoms with Crippen LogP contribution in [-0.2, 0) is 6.54 Å². The summed E-state index contributed by atoms with van der Waals surface area (Å²) in [5, 5.41) is 23.0. The highest BCUT2D eigenvalue weighted by Crippen LogP contribution is 2.28. The van der Waals surface area contributed by atoms with E-state index in [2.05, 4.69) is 15.0 Å². The van der Waals surface area contributed by atoms with Crippen molar-refractivity contribution >= 4 is 11.4 Å². The molecule has 26 heavy (non-hydrogen) atoms. The number of nitrogens with one attached hydrogen (secondary N) is 1. The molecule has 0 saturated carbocycles. The number of ether oxygens (including phenoxy) is 1. The van der Waals surface area contributed by atoms with E-state index in [0.717, 1.165) is 0 Å². The van der Waals surface area contributed by atoms with Crippen LogP contribution in [0.3, 0.4) is 0 Å². The third-order valence-corrected chi connectivity index (χ3v) is 3.37. The van der Waals surface area contributed by atoms with E-state index in [1.54, 1.807) is 6.07 Å². The molecule has 0 amide bonds. The van der Waals surface area contributed by atoms with Crippen LogP contribution in [0.25, 0.3) is 0 Å². The molecule has 10 heteroatoms. The maximum Gasteiger partial charge on any atom is 0.422 e. The number of anilines is 1. The molecule has 0 unspecified atom stereocenters. The number of alkyl halides is 3. The predicted molar refractivity (Wildman–Crippen MR) is 85.7 cm³/mol. The van der Waals surface area contributed by atoms with Crippen LogP contribution in [0.5, 0.6) is 5.88 Å². The minimum atomic E-state index is -4.47. The van der Waals surface area contributed by atoms with Crippen molar-refractivity contribution < 1.29 is 22.8 Å². The fourth-order valence-electron chi connectivity index (χ4n) is 2.13. The summed E-state index contributed by atoms with van der Waals surface area (Å²) in [7, 11) is 0. The van der Waals surface area contributed by atoms with Crippen molar-refractivity contribution in [3.63, 3.8) is 0 Å². The molecule has 1 N–H and O–H groups in total. The Kier molecular flexibility index (Phi) is 5.61. The number of aromatic nitrogens is 1. The molecule has 0 atom stereocenters. The summed E-state index contributed by atoms with van der Waals surface area (Å²) in [6.45, 7) is 0.232. The van der Waals surface area contributed by atoms with Crippen molar-refractivity contribution in [2.24, 2.45) is 0 Å². The molecule has 0 aliphatic rings. The highest BCUT2D eigenvalue weighted by Gasteiger charge is 2.28. The molecule has 0 saturated heterocycles. The number of hydrogen-bond donors (Lipinski definition) is 1. The van der Waals surface area contributed by atoms with Crippen LogP contribution < -0.4 is 10.1 Å². The van der Waals surface area contributed by atoms with Crippen molar-refractivity contribution in [1.82, 2.24) is 4.98 Å². The van der Waals surface area contributed by atoms with Crippen LogP contribution in [0.15, 0.2) is 30.5 Å². The molecule has 0 bridgehead atoms. The molecular weight excluding hydrogens is 353 g/mol. The Morgan fingerprint density at radius 1 is 1.38 bits per heavy atom. The van der Waals surface area contributed by atoms with Crippen molar-refractivity contribution in [2.45, 2.75) is 19.6 Å². The maximum absolute atomic E-state index is 12.2. The average Bonchev–Trinajstić information content (AvgIpc) is 2.58. The SMILES string of the molecule is Cc1c(NCc2ccnc(OCC(F)(F)F)c2)cc(C#N)cc1[N+](=O)[O-]. The predicted octanol–water partition coefficient (Wildman–Crippen LogP) is 3.72. The van der Waals surface area contributed by atoms with Gasteiger partial charge in [0.05, 0.1) is 16.6 Å². The maximum atomic E-state index is 12.2. The van der Waals surface area contributed by atoms with Gasteiger partial charge in [0.1, 0.15) is 0 Å². The van der Waals surface area contributed by atoms with Crippen molar-refractivity contribution in [3.05, 3.63) is 57.3 Å². The lowest BCUT2D eigenvalue weighted by Gasteiger charge is -2.12. The summed E-state index contributed by atoms with van der Waals surface area (Å²) in [5.74, 6) is -0.185. The molecule has 136 valence electrons. The molecule has 1 aromatic heterocycles. The third-order valence-electron chi connectivity index (χ3n) is 3.37. The monoisotopic (exact) mass is 366 g/mol. The second-order valence-electron chi connectivity index (χ2n) is 5.30. The Bertz CT molecular complexity index is 863. The number of nitro benzene ring substituents is 1. The van der Waals surface area contributed by atoms with Crippen molar-refractivity contribution in [2.75, 3.05) is 11.9 Å². The van der Waals surface area contributed by atoms with E-state index in [1.807, 2.05) is 6.07 Å². The summed E-state index contributed by atoms with van der Waals surface area (Å²) in [5.41, 5.74) is 1.20. The normalized spacial score (nSPS) is 10.9. The molecule has 0 aliphatic carbocycles. The molecule has 2 rings (SSSR count). The third kappa shape index (κ3) is 5.07. The molecular formula is C16H13F3N4O3. The van der Waals surface area contributed by atoms with Gasteiger partial charge in [-0.25, -0.2) is 4.98 Å². The smallest absolute Gasteiger partial charge is 0.422 e. The lowest BCUT2D eigenvalue weighted by molar-refractivity contribution is -0.385. The minimum absolute atomic E-state index is 0.119. The topological polar surface area (TPSA) is 101 Å². The Labute approximate surface area is 146 Å². The van der Waals surface area contributed by atoms with E-state index in [0.29, 0.717) is 16.8 Å². The number of nitrogens with zero attached hydrogens (tertiary/aromatic N) is 3. The van der Waals surface area contributed by atoms with E-state index in [9.17, 15) is 23.3 Å². The fourth-order valence-corrected chi connectivity index (χ4v) is 2.13. The van der Waals surface area contributed by atoms with E-state index in [1.165, 1.54) is 31.3 Å². The summed E-state index contributed by atoms with van der Waals surface area (Å²) in [6, 6.07) is 7.38. The molecule has 0 radical (unpaired) electrons. The van der Waals surface area contributed by atoms with Gasteiger partial charge < -0.3 is 10.1 Å². The average molecular weight is 366 g/mol. The summed E-state index contributed by atoms with van der Waals surface area (Å²) < 4.78 is 41.1. The van der Waals surface area contributed by atoms with Gasteiger partial charge in [0.2, 0.25) is 5.88 Å². The van der Waals surface area contributed by atoms with Gasteiger partial charge in [0.25, 0.3) is 5.69 Å². The van der Waals surface area contributed by atoms with E-state index in [-0.39, 0.29) is 23.7 Å². The zero-order valence-electron chi connectivity index (χ0n) is 13.5. The van der Waals surface area contributed by atoms with Gasteiger partial charge in [-0.15, -0.1) is 0 Å². The largest absolute Gasteiger partial charge is 0.468 e. The number of halogens is 3. The van der Waals surface area contributed by atoms with Gasteiger partial charge >= 0.3 is 6.18 Å². The van der Waals surface area contributed by atoms with Gasteiger partial charge in [-0.1, -0.05) is 0 Å². The Morgan fingerprint density at radius 3 is 2.73 bits per heavy atom. The van der Waals surface area contributed by atoms with Crippen LogP contribution in [-0.4, -0.2) is 22.7 Å². The van der Waals surface area contributed by atoms with Gasteiger partial charge in [-0.3, -0.25) is 10.1 Å². The first-order valence-corrected chi connectivity index (χ1v) is 7.27. The molecule has 1 aromatic carbocycles. The summed E-state index contributed by atoms with van der Waals surface area (Å²) >= 11 is 0. The molecule has 0 aliphatic heterocycles. The standard InChI is InChI=1S/C16H13F3N4O3/c1-10-13(4-12(7-20)5-14(10)23(24)25)22-8-11-2-3-21-15(6-11)26-9-16(17,18)19/h2-6,22H,8-9H2,1H3. The first-order chi connectivity index (χ1) is 12.2. The Balaban J connectivity index is 2.15. The number of nitro groups is 1. The zero-order valence-corrected chi connectivity index (χ0v) is 13.5. The van der Waals surface area contributed by atoms with Gasteiger partial charge in [-0.05, 0) is 24.6 Å². The quantitative estimate of drug-likeness (QED) is 0.618. The molecule has 0 fully saturated rings. The van der Waals surface area contributed by atoms with Crippen LogP contribution in [0.4, 0.5) is 24.5 Å². The molecule has 7 nitrogen and oxygen atoms in total. The van der Waals surface area contributed by atoms with Crippen LogP contribution >= 0.6 is 0 Å². The highest BCUT2D eigenvalue weighted by atomic mass is 19.4. The number of nitriles is 1. The molecule has 0 spiro atoms. The number of pyridine rings is 1. The first kappa shape index (κ1) is 19.0. The van der Waals surface area contributed by atoms with Crippen LogP contribution in [0.1, 0.15) is 16.7 Å². The second-order valence-corrected chi connectivity index (χ2v) is 5.30. The van der Waals surface area contributed by atoms with Gasteiger partial charge in [-0.2, -0.15) is 18.4 Å². The highest BCUT2D eigenvalue weighted by molar-refractivity contribution is 5.64. The number of rotatable bonds is 6. The molecule has 2 aromatic rings. The van der Waals surface area contributed by atoms with Crippen LogP contribution in [0, 0.1) is 28.4 Å². The lowest BCUT2D eigenvalue weighted by Crippen LogP contribution is -2.19. The van der Waals surface area contributed by atoms with Gasteiger partial charge in [0, 0.05) is 36.1 Å². The van der Waals surface area contributed by atoms with Crippen LogP contribution in [0.2, 0.25) is 0 Å². The molecule has 1 heterocycles. The van der Waals surface area contributed by atoms with Crippen molar-refractivity contribution in [1.29, 1.82) is 5.26 Å². The number of hydrogen-bond acceptors (Lipinski definition) is 6. The van der Waals surface area contributed by atoms with Gasteiger partial charge in [0.15, 0.2) is 6.61 Å². The van der Waals surface area contributed by atoms with E-state index >= 15 is 0 Å². The Morgan fingerprint density at radius 2 is 2.12 bits per heavy atom.